The molecule has 2 aromatic heterocycles. The van der Waals surface area contributed by atoms with Crippen LogP contribution in [0.25, 0.3) is 5.69 Å². The van der Waals surface area contributed by atoms with E-state index in [0.717, 1.165) is 22.5 Å². The summed E-state index contributed by atoms with van der Waals surface area (Å²) in [6.07, 6.45) is 3.33. The number of hydrogen-bond acceptors (Lipinski definition) is 4. The van der Waals surface area contributed by atoms with E-state index in [0.29, 0.717) is 12.4 Å². The molecule has 3 aromatic rings. The molecule has 0 saturated carbocycles. The number of rotatable bonds is 6. The number of halogens is 1. The Kier molecular flexibility index (Phi) is 5.88. The minimum atomic E-state index is -0.313. The zero-order chi connectivity index (χ0) is 20.1. The number of nitrogens with one attached hydrogen (secondary N) is 2. The van der Waals surface area contributed by atoms with Gasteiger partial charge in [-0.15, -0.1) is 0 Å². The minimum Gasteiger partial charge on any atom is -0.481 e. The van der Waals surface area contributed by atoms with Crippen molar-refractivity contribution in [3.63, 3.8) is 0 Å². The number of ether oxygens (including phenoxy) is 1. The van der Waals surface area contributed by atoms with Crippen molar-refractivity contribution in [2.24, 2.45) is 0 Å². The molecule has 1 atom stereocenters. The molecule has 8 heteroatoms. The highest BCUT2D eigenvalue weighted by molar-refractivity contribution is 5.74. The molecule has 2 N–H and O–H groups in total. The molecule has 1 aromatic carbocycles. The van der Waals surface area contributed by atoms with Gasteiger partial charge in [0.1, 0.15) is 5.82 Å². The Morgan fingerprint density at radius 3 is 2.75 bits per heavy atom. The fraction of sp³-hybridized carbons (Fsp3) is 0.250. The largest absolute Gasteiger partial charge is 0.481 e. The topological polar surface area (TPSA) is 81.1 Å². The van der Waals surface area contributed by atoms with Crippen molar-refractivity contribution >= 4 is 6.03 Å². The number of nitrogens with zero attached hydrogens (tertiary/aromatic N) is 3. The van der Waals surface area contributed by atoms with Gasteiger partial charge in [0.2, 0.25) is 5.88 Å². The maximum absolute atomic E-state index is 13.1. The van der Waals surface area contributed by atoms with Crippen molar-refractivity contribution in [2.75, 3.05) is 7.11 Å². The van der Waals surface area contributed by atoms with Crippen molar-refractivity contribution in [2.45, 2.75) is 26.4 Å². The zero-order valence-electron chi connectivity index (χ0n) is 15.9. The Labute approximate surface area is 162 Å². The average Bonchev–Trinajstić information content (AvgIpc) is 3.08. The van der Waals surface area contributed by atoms with Crippen molar-refractivity contribution in [1.82, 2.24) is 25.4 Å². The second kappa shape index (κ2) is 8.51. The summed E-state index contributed by atoms with van der Waals surface area (Å²) >= 11 is 0. The molecule has 0 bridgehead atoms. The number of pyridine rings is 1. The quantitative estimate of drug-likeness (QED) is 0.684. The van der Waals surface area contributed by atoms with Crippen molar-refractivity contribution in [3.05, 3.63) is 71.4 Å². The Balaban J connectivity index is 1.63. The molecule has 0 saturated heterocycles. The maximum atomic E-state index is 13.1. The first kappa shape index (κ1) is 19.3. The normalized spacial score (nSPS) is 11.7. The summed E-state index contributed by atoms with van der Waals surface area (Å²) < 4.78 is 20.0. The first-order valence-corrected chi connectivity index (χ1v) is 8.82. The molecule has 0 aliphatic carbocycles. The number of methoxy groups -OCH3 is 1. The standard InChI is InChI=1S/C20H22FN5O2/c1-13(25-20(27)23-11-15-5-4-10-22-19(15)28-3)18-12-24-26(14(18)2)17-8-6-16(21)7-9-17/h4-10,12-13H,11H2,1-3H3,(H2,23,25,27)/t13-/m1/s1. The lowest BCUT2D eigenvalue weighted by Gasteiger charge is -2.15. The maximum Gasteiger partial charge on any atom is 0.315 e. The van der Waals surface area contributed by atoms with E-state index in [9.17, 15) is 9.18 Å². The third-order valence-corrected chi connectivity index (χ3v) is 4.42. The van der Waals surface area contributed by atoms with Gasteiger partial charge in [0.15, 0.2) is 0 Å². The van der Waals surface area contributed by atoms with Gasteiger partial charge in [-0.2, -0.15) is 5.10 Å². The van der Waals surface area contributed by atoms with Gasteiger partial charge >= 0.3 is 6.03 Å². The Hall–Kier alpha value is -3.42. The molecule has 7 nitrogen and oxygen atoms in total. The molecule has 146 valence electrons. The van der Waals surface area contributed by atoms with Crippen LogP contribution in [0.3, 0.4) is 0 Å². The van der Waals surface area contributed by atoms with Gasteiger partial charge < -0.3 is 15.4 Å². The molecule has 3 rings (SSSR count). The van der Waals surface area contributed by atoms with Crippen LogP contribution in [0, 0.1) is 12.7 Å². The van der Waals surface area contributed by atoms with Gasteiger partial charge in [-0.05, 0) is 44.2 Å². The summed E-state index contributed by atoms with van der Waals surface area (Å²) in [5, 5.41) is 10.1. The number of aromatic nitrogens is 3. The summed E-state index contributed by atoms with van der Waals surface area (Å²) in [4.78, 5) is 16.4. The summed E-state index contributed by atoms with van der Waals surface area (Å²) in [5.74, 6) is 0.179. The molecule has 0 aliphatic heterocycles. The predicted molar refractivity (Wildman–Crippen MR) is 103 cm³/mol. The summed E-state index contributed by atoms with van der Waals surface area (Å²) in [7, 11) is 1.54. The molecular weight excluding hydrogens is 361 g/mol. The molecule has 0 radical (unpaired) electrons. The summed E-state index contributed by atoms with van der Waals surface area (Å²) in [6, 6.07) is 9.14. The number of urea groups is 1. The van der Waals surface area contributed by atoms with E-state index in [-0.39, 0.29) is 17.9 Å². The van der Waals surface area contributed by atoms with E-state index in [1.807, 2.05) is 19.9 Å². The predicted octanol–water partition coefficient (Wildman–Crippen LogP) is 3.28. The van der Waals surface area contributed by atoms with Gasteiger partial charge in [0.25, 0.3) is 0 Å². The van der Waals surface area contributed by atoms with Gasteiger partial charge in [-0.25, -0.2) is 18.9 Å². The number of amides is 2. The fourth-order valence-corrected chi connectivity index (χ4v) is 2.93. The molecule has 2 heterocycles. The molecule has 0 fully saturated rings. The lowest BCUT2D eigenvalue weighted by atomic mass is 10.1. The van der Waals surface area contributed by atoms with Crippen LogP contribution in [-0.4, -0.2) is 27.9 Å². The van der Waals surface area contributed by atoms with Gasteiger partial charge in [0.05, 0.1) is 25.0 Å². The number of carbonyl (C=O) groups excluding carboxylic acids is 1. The van der Waals surface area contributed by atoms with Gasteiger partial charge in [0, 0.05) is 29.6 Å². The van der Waals surface area contributed by atoms with E-state index in [1.165, 1.54) is 19.2 Å². The van der Waals surface area contributed by atoms with E-state index < -0.39 is 0 Å². The van der Waals surface area contributed by atoms with Gasteiger partial charge in [-0.1, -0.05) is 6.07 Å². The average molecular weight is 383 g/mol. The fourth-order valence-electron chi connectivity index (χ4n) is 2.93. The van der Waals surface area contributed by atoms with Crippen molar-refractivity contribution in [1.29, 1.82) is 0 Å². The highest BCUT2D eigenvalue weighted by Crippen LogP contribution is 2.20. The van der Waals surface area contributed by atoms with Crippen LogP contribution in [-0.2, 0) is 6.54 Å². The minimum absolute atomic E-state index is 0.259. The number of hydrogen-bond donors (Lipinski definition) is 2. The van der Waals surface area contributed by atoms with E-state index in [2.05, 4.69) is 20.7 Å². The van der Waals surface area contributed by atoms with Crippen molar-refractivity contribution < 1.29 is 13.9 Å². The van der Waals surface area contributed by atoms with Gasteiger partial charge in [-0.3, -0.25) is 0 Å². The molecule has 28 heavy (non-hydrogen) atoms. The van der Waals surface area contributed by atoms with Crippen LogP contribution in [0.4, 0.5) is 9.18 Å². The number of carbonyl (C=O) groups is 1. The molecule has 0 aliphatic rings. The molecule has 0 spiro atoms. The highest BCUT2D eigenvalue weighted by Gasteiger charge is 2.16. The first-order valence-electron chi connectivity index (χ1n) is 8.82. The first-order chi connectivity index (χ1) is 13.5. The van der Waals surface area contributed by atoms with Crippen LogP contribution in [0.5, 0.6) is 5.88 Å². The lowest BCUT2D eigenvalue weighted by molar-refractivity contribution is 0.237. The summed E-state index contributed by atoms with van der Waals surface area (Å²) in [5.41, 5.74) is 3.28. The Bertz CT molecular complexity index is 955. The van der Waals surface area contributed by atoms with Crippen LogP contribution >= 0.6 is 0 Å². The smallest absolute Gasteiger partial charge is 0.315 e. The van der Waals surface area contributed by atoms with Crippen molar-refractivity contribution in [3.8, 4) is 11.6 Å². The summed E-state index contributed by atoms with van der Waals surface area (Å²) in [6.45, 7) is 4.08. The lowest BCUT2D eigenvalue weighted by Crippen LogP contribution is -2.36. The van der Waals surface area contributed by atoms with Crippen LogP contribution in [0.15, 0.2) is 48.8 Å². The van der Waals surface area contributed by atoms with Crippen LogP contribution in [0.1, 0.15) is 29.8 Å². The third-order valence-electron chi connectivity index (χ3n) is 4.42. The van der Waals surface area contributed by atoms with E-state index in [4.69, 9.17) is 4.74 Å². The van der Waals surface area contributed by atoms with E-state index in [1.54, 1.807) is 35.3 Å². The highest BCUT2D eigenvalue weighted by atomic mass is 19.1. The second-order valence-electron chi connectivity index (χ2n) is 6.29. The third kappa shape index (κ3) is 4.28. The van der Waals surface area contributed by atoms with Crippen LogP contribution < -0.4 is 15.4 Å². The second-order valence-corrected chi connectivity index (χ2v) is 6.29. The molecule has 0 unspecified atom stereocenters. The zero-order valence-corrected chi connectivity index (χ0v) is 15.9. The Morgan fingerprint density at radius 2 is 2.04 bits per heavy atom. The SMILES string of the molecule is COc1ncccc1CNC(=O)N[C@H](C)c1cnn(-c2ccc(F)cc2)c1C. The van der Waals surface area contributed by atoms with Crippen LogP contribution in [0.2, 0.25) is 0 Å². The molecular formula is C20H22FN5O2. The monoisotopic (exact) mass is 383 g/mol. The Morgan fingerprint density at radius 1 is 1.29 bits per heavy atom. The van der Waals surface area contributed by atoms with E-state index >= 15 is 0 Å². The number of benzene rings is 1. The molecule has 2 amide bonds.